The predicted octanol–water partition coefficient (Wildman–Crippen LogP) is -0.112. The van der Waals surface area contributed by atoms with Gasteiger partial charge in [0.25, 0.3) is 0 Å². The lowest BCUT2D eigenvalue weighted by molar-refractivity contribution is -0.132. The minimum atomic E-state index is -0.333. The molecule has 0 aromatic carbocycles. The van der Waals surface area contributed by atoms with Crippen molar-refractivity contribution in [2.75, 3.05) is 21.1 Å². The van der Waals surface area contributed by atoms with Gasteiger partial charge >= 0.3 is 0 Å². The number of hydrogen-bond acceptors (Lipinski definition) is 3. The lowest BCUT2D eigenvalue weighted by Gasteiger charge is -2.26. The van der Waals surface area contributed by atoms with Gasteiger partial charge < -0.3 is 5.32 Å². The Hall–Kier alpha value is -0.900. The van der Waals surface area contributed by atoms with Crippen molar-refractivity contribution in [3.63, 3.8) is 0 Å². The van der Waals surface area contributed by atoms with E-state index in [-0.39, 0.29) is 23.7 Å². The average Bonchev–Trinajstić information content (AvgIpc) is 2.01. The summed E-state index contributed by atoms with van der Waals surface area (Å²) in [5.74, 6) is -0.396. The molecule has 0 heterocycles. The topological polar surface area (TPSA) is 49.4 Å². The van der Waals surface area contributed by atoms with E-state index in [2.05, 4.69) is 5.32 Å². The first-order chi connectivity index (χ1) is 5.91. The highest BCUT2D eigenvalue weighted by atomic mass is 16.2. The molecule has 76 valence electrons. The molecule has 2 atom stereocenters. The van der Waals surface area contributed by atoms with Crippen LogP contribution < -0.4 is 5.32 Å². The van der Waals surface area contributed by atoms with Gasteiger partial charge in [-0.15, -0.1) is 0 Å². The number of likely N-dealkylation sites (N-methyl/N-ethyl adjacent to an activating group) is 1. The van der Waals surface area contributed by atoms with Crippen LogP contribution in [-0.2, 0) is 9.59 Å². The molecule has 4 nitrogen and oxygen atoms in total. The van der Waals surface area contributed by atoms with E-state index in [0.717, 1.165) is 0 Å². The Labute approximate surface area is 79.3 Å². The molecular formula is C9H18N2O2. The molecule has 0 aliphatic carbocycles. The number of carbonyl (C=O) groups is 2. The van der Waals surface area contributed by atoms with Crippen molar-refractivity contribution in [1.29, 1.82) is 0 Å². The molecule has 1 amide bonds. The molecule has 0 bridgehead atoms. The van der Waals surface area contributed by atoms with Crippen LogP contribution in [0.15, 0.2) is 0 Å². The zero-order chi connectivity index (χ0) is 10.6. The van der Waals surface area contributed by atoms with Gasteiger partial charge in [0.2, 0.25) is 5.91 Å². The van der Waals surface area contributed by atoms with Crippen molar-refractivity contribution in [2.24, 2.45) is 5.92 Å². The van der Waals surface area contributed by atoms with Crippen LogP contribution in [0.3, 0.4) is 0 Å². The number of carbonyl (C=O) groups excluding carboxylic acids is 2. The minimum absolute atomic E-state index is 0.0149. The van der Waals surface area contributed by atoms with Crippen LogP contribution in [0.1, 0.15) is 13.8 Å². The van der Waals surface area contributed by atoms with Crippen LogP contribution in [0, 0.1) is 5.92 Å². The SMILES string of the molecule is CNC(=O)C(C)C(C(C)=O)N(C)C. The molecule has 0 saturated carbocycles. The number of nitrogens with one attached hydrogen (secondary N) is 1. The molecule has 0 fully saturated rings. The van der Waals surface area contributed by atoms with E-state index in [1.54, 1.807) is 33.0 Å². The molecular weight excluding hydrogens is 168 g/mol. The zero-order valence-electron chi connectivity index (χ0n) is 8.92. The molecule has 0 aliphatic rings. The first-order valence-electron chi connectivity index (χ1n) is 4.30. The van der Waals surface area contributed by atoms with Crippen LogP contribution in [0.4, 0.5) is 0 Å². The van der Waals surface area contributed by atoms with Gasteiger partial charge in [0, 0.05) is 7.05 Å². The molecule has 0 spiro atoms. The van der Waals surface area contributed by atoms with Crippen molar-refractivity contribution in [2.45, 2.75) is 19.9 Å². The lowest BCUT2D eigenvalue weighted by atomic mass is 9.97. The molecule has 13 heavy (non-hydrogen) atoms. The summed E-state index contributed by atoms with van der Waals surface area (Å²) in [4.78, 5) is 24.3. The second-order valence-corrected chi connectivity index (χ2v) is 3.42. The standard InChI is InChI=1S/C9H18N2O2/c1-6(9(13)10-3)8(7(2)12)11(4)5/h6,8H,1-5H3,(H,10,13). The van der Waals surface area contributed by atoms with Gasteiger partial charge in [0.15, 0.2) is 0 Å². The number of amides is 1. The normalized spacial score (nSPS) is 15.2. The summed E-state index contributed by atoms with van der Waals surface area (Å²) in [5, 5.41) is 2.54. The summed E-state index contributed by atoms with van der Waals surface area (Å²) in [6.45, 7) is 3.26. The van der Waals surface area contributed by atoms with E-state index in [0.29, 0.717) is 0 Å². The van der Waals surface area contributed by atoms with Gasteiger partial charge in [0.05, 0.1) is 12.0 Å². The number of hydrogen-bond donors (Lipinski definition) is 1. The maximum atomic E-state index is 11.3. The summed E-state index contributed by atoms with van der Waals surface area (Å²) in [6, 6.07) is -0.333. The Balaban J connectivity index is 4.55. The number of ketones is 1. The maximum absolute atomic E-state index is 11.3. The van der Waals surface area contributed by atoms with Gasteiger partial charge in [-0.25, -0.2) is 0 Å². The highest BCUT2D eigenvalue weighted by molar-refractivity contribution is 5.89. The minimum Gasteiger partial charge on any atom is -0.359 e. The van der Waals surface area contributed by atoms with Crippen molar-refractivity contribution in [3.8, 4) is 0 Å². The zero-order valence-corrected chi connectivity index (χ0v) is 8.92. The monoisotopic (exact) mass is 186 g/mol. The van der Waals surface area contributed by atoms with Crippen LogP contribution in [0.2, 0.25) is 0 Å². The third-order valence-electron chi connectivity index (χ3n) is 2.11. The Morgan fingerprint density at radius 2 is 1.77 bits per heavy atom. The molecule has 4 heteroatoms. The van der Waals surface area contributed by atoms with Gasteiger partial charge in [-0.2, -0.15) is 0 Å². The first-order valence-corrected chi connectivity index (χ1v) is 4.30. The highest BCUT2D eigenvalue weighted by Crippen LogP contribution is 2.09. The van der Waals surface area contributed by atoms with Gasteiger partial charge in [-0.3, -0.25) is 14.5 Å². The quantitative estimate of drug-likeness (QED) is 0.666. The maximum Gasteiger partial charge on any atom is 0.224 e. The second kappa shape index (κ2) is 4.97. The average molecular weight is 186 g/mol. The van der Waals surface area contributed by atoms with Crippen molar-refractivity contribution < 1.29 is 9.59 Å². The van der Waals surface area contributed by atoms with E-state index in [4.69, 9.17) is 0 Å². The summed E-state index contributed by atoms with van der Waals surface area (Å²) >= 11 is 0. The molecule has 2 unspecified atom stereocenters. The predicted molar refractivity (Wildman–Crippen MR) is 51.4 cm³/mol. The van der Waals surface area contributed by atoms with Crippen LogP contribution in [-0.4, -0.2) is 43.8 Å². The van der Waals surface area contributed by atoms with Crippen molar-refractivity contribution >= 4 is 11.7 Å². The fourth-order valence-corrected chi connectivity index (χ4v) is 1.53. The fraction of sp³-hybridized carbons (Fsp3) is 0.778. The van der Waals surface area contributed by atoms with Gasteiger partial charge in [-0.1, -0.05) is 6.92 Å². The Morgan fingerprint density at radius 1 is 1.31 bits per heavy atom. The van der Waals surface area contributed by atoms with Gasteiger partial charge in [0.1, 0.15) is 5.78 Å². The van der Waals surface area contributed by atoms with Gasteiger partial charge in [-0.05, 0) is 21.0 Å². The van der Waals surface area contributed by atoms with Crippen LogP contribution >= 0.6 is 0 Å². The number of Topliss-reactive ketones (excluding diaryl/α,β-unsaturated/α-hetero) is 1. The number of nitrogens with zero attached hydrogens (tertiary/aromatic N) is 1. The van der Waals surface area contributed by atoms with E-state index in [1.807, 2.05) is 0 Å². The fourth-order valence-electron chi connectivity index (χ4n) is 1.53. The highest BCUT2D eigenvalue weighted by Gasteiger charge is 2.28. The molecule has 0 aromatic heterocycles. The third-order valence-corrected chi connectivity index (χ3v) is 2.11. The summed E-state index contributed by atoms with van der Waals surface area (Å²) < 4.78 is 0. The molecule has 0 aliphatic heterocycles. The lowest BCUT2D eigenvalue weighted by Crippen LogP contribution is -2.45. The Kier molecular flexibility index (Phi) is 4.62. The number of rotatable bonds is 4. The molecule has 0 saturated heterocycles. The Morgan fingerprint density at radius 3 is 2.00 bits per heavy atom. The van der Waals surface area contributed by atoms with E-state index in [1.165, 1.54) is 6.92 Å². The van der Waals surface area contributed by atoms with Crippen LogP contribution in [0.25, 0.3) is 0 Å². The summed E-state index contributed by atoms with van der Waals surface area (Å²) in [5.41, 5.74) is 0. The third kappa shape index (κ3) is 3.14. The smallest absolute Gasteiger partial charge is 0.224 e. The van der Waals surface area contributed by atoms with Crippen LogP contribution in [0.5, 0.6) is 0 Å². The Bertz CT molecular complexity index is 202. The van der Waals surface area contributed by atoms with E-state index in [9.17, 15) is 9.59 Å². The van der Waals surface area contributed by atoms with E-state index < -0.39 is 0 Å². The summed E-state index contributed by atoms with van der Waals surface area (Å²) in [7, 11) is 5.17. The van der Waals surface area contributed by atoms with Crippen molar-refractivity contribution in [1.82, 2.24) is 10.2 Å². The molecule has 0 rings (SSSR count). The summed E-state index contributed by atoms with van der Waals surface area (Å²) in [6.07, 6.45) is 0. The van der Waals surface area contributed by atoms with E-state index >= 15 is 0 Å². The van der Waals surface area contributed by atoms with Crippen molar-refractivity contribution in [3.05, 3.63) is 0 Å². The molecule has 1 N–H and O–H groups in total. The first kappa shape index (κ1) is 12.1. The second-order valence-electron chi connectivity index (χ2n) is 3.42. The molecule has 0 aromatic rings. The largest absolute Gasteiger partial charge is 0.359 e. The molecule has 0 radical (unpaired) electrons.